The minimum Gasteiger partial charge on any atom is -0.396 e. The molecule has 0 aromatic rings. The molecule has 0 atom stereocenters. The van der Waals surface area contributed by atoms with Crippen molar-refractivity contribution >= 4 is 0 Å². The molecule has 0 spiro atoms. The van der Waals surface area contributed by atoms with Crippen LogP contribution in [-0.4, -0.2) is 24.4 Å². The largest absolute Gasteiger partial charge is 0.396 e. The summed E-state index contributed by atoms with van der Waals surface area (Å²) in [5, 5.41) is 9.86. The third-order valence-electron chi connectivity index (χ3n) is 5.42. The van der Waals surface area contributed by atoms with E-state index >= 15 is 0 Å². The Balaban J connectivity index is 2.56. The molecular formula is C17H34O2. The van der Waals surface area contributed by atoms with Crippen LogP contribution < -0.4 is 0 Å². The predicted octanol–water partition coefficient (Wildman–Crippen LogP) is 4.41. The zero-order chi connectivity index (χ0) is 14.7. The molecule has 1 aliphatic rings. The van der Waals surface area contributed by atoms with Crippen molar-refractivity contribution in [2.75, 3.05) is 13.7 Å². The van der Waals surface area contributed by atoms with E-state index in [-0.39, 0.29) is 11.0 Å². The summed E-state index contributed by atoms with van der Waals surface area (Å²) < 4.78 is 5.51. The first-order chi connectivity index (χ1) is 8.64. The van der Waals surface area contributed by atoms with Crippen molar-refractivity contribution < 1.29 is 9.84 Å². The molecule has 1 N–H and O–H groups in total. The highest BCUT2D eigenvalue weighted by Gasteiger charge is 2.39. The van der Waals surface area contributed by atoms with Crippen LogP contribution in [0.5, 0.6) is 0 Å². The fourth-order valence-corrected chi connectivity index (χ4v) is 3.25. The Bertz CT molecular complexity index is 267. The normalized spacial score (nSPS) is 29.5. The van der Waals surface area contributed by atoms with E-state index in [1.807, 2.05) is 0 Å². The molecule has 2 heteroatoms. The van der Waals surface area contributed by atoms with Gasteiger partial charge in [-0.1, -0.05) is 20.8 Å². The first kappa shape index (κ1) is 17.0. The maximum atomic E-state index is 9.86. The van der Waals surface area contributed by atoms with Crippen molar-refractivity contribution in [2.45, 2.75) is 78.7 Å². The molecule has 0 saturated heterocycles. The van der Waals surface area contributed by atoms with Gasteiger partial charge in [0.05, 0.1) is 5.60 Å². The van der Waals surface area contributed by atoms with Crippen LogP contribution in [0.3, 0.4) is 0 Å². The SMILES string of the molecule is COC(C)(C)CCC1(CO)CCC(C(C)(C)C)CC1. The van der Waals surface area contributed by atoms with Crippen LogP contribution in [0.4, 0.5) is 0 Å². The quantitative estimate of drug-likeness (QED) is 0.802. The molecule has 0 amide bonds. The Labute approximate surface area is 119 Å². The number of aliphatic hydroxyl groups excluding tert-OH is 1. The molecule has 19 heavy (non-hydrogen) atoms. The van der Waals surface area contributed by atoms with Gasteiger partial charge in [-0.3, -0.25) is 0 Å². The van der Waals surface area contributed by atoms with E-state index in [2.05, 4.69) is 34.6 Å². The van der Waals surface area contributed by atoms with Gasteiger partial charge in [0.15, 0.2) is 0 Å². The van der Waals surface area contributed by atoms with E-state index < -0.39 is 0 Å². The summed E-state index contributed by atoms with van der Waals surface area (Å²) in [5.41, 5.74) is 0.494. The van der Waals surface area contributed by atoms with Gasteiger partial charge in [0.25, 0.3) is 0 Å². The van der Waals surface area contributed by atoms with Gasteiger partial charge in [0.2, 0.25) is 0 Å². The lowest BCUT2D eigenvalue weighted by molar-refractivity contribution is -0.0208. The van der Waals surface area contributed by atoms with Crippen LogP contribution >= 0.6 is 0 Å². The van der Waals surface area contributed by atoms with Crippen molar-refractivity contribution in [1.29, 1.82) is 0 Å². The van der Waals surface area contributed by atoms with Gasteiger partial charge >= 0.3 is 0 Å². The lowest BCUT2D eigenvalue weighted by Gasteiger charge is -2.44. The summed E-state index contributed by atoms with van der Waals surface area (Å²) in [6.45, 7) is 11.6. The molecule has 114 valence electrons. The van der Waals surface area contributed by atoms with Gasteiger partial charge < -0.3 is 9.84 Å². The molecule has 0 aromatic carbocycles. The lowest BCUT2D eigenvalue weighted by atomic mass is 9.62. The van der Waals surface area contributed by atoms with E-state index in [1.54, 1.807) is 7.11 Å². The van der Waals surface area contributed by atoms with E-state index in [1.165, 1.54) is 25.7 Å². The molecule has 0 unspecified atom stereocenters. The summed E-state index contributed by atoms with van der Waals surface area (Å²) in [6.07, 6.45) is 6.98. The molecule has 1 fully saturated rings. The molecule has 0 aromatic heterocycles. The topological polar surface area (TPSA) is 29.5 Å². The van der Waals surface area contributed by atoms with Crippen LogP contribution in [0.2, 0.25) is 0 Å². The van der Waals surface area contributed by atoms with Gasteiger partial charge in [-0.05, 0) is 69.1 Å². The minimum atomic E-state index is -0.0664. The Hall–Kier alpha value is -0.0800. The molecule has 0 bridgehead atoms. The van der Waals surface area contributed by atoms with Gasteiger partial charge in [-0.2, -0.15) is 0 Å². The number of hydrogen-bond donors (Lipinski definition) is 1. The summed E-state index contributed by atoms with van der Waals surface area (Å²) in [4.78, 5) is 0. The standard InChI is InChI=1S/C17H34O2/c1-15(2,3)14-7-9-17(13-18,10-8-14)12-11-16(4,5)19-6/h14,18H,7-13H2,1-6H3. The second-order valence-electron chi connectivity index (χ2n) is 8.26. The van der Waals surface area contributed by atoms with Crippen molar-refractivity contribution in [3.05, 3.63) is 0 Å². The number of aliphatic hydroxyl groups is 1. The first-order valence-corrected chi connectivity index (χ1v) is 7.80. The molecule has 0 aliphatic heterocycles. The van der Waals surface area contributed by atoms with Gasteiger partial charge in [-0.25, -0.2) is 0 Å². The van der Waals surface area contributed by atoms with Crippen molar-refractivity contribution in [2.24, 2.45) is 16.7 Å². The van der Waals surface area contributed by atoms with Crippen LogP contribution in [0.15, 0.2) is 0 Å². The third kappa shape index (κ3) is 4.75. The average molecular weight is 270 g/mol. The smallest absolute Gasteiger partial charge is 0.0623 e. The maximum absolute atomic E-state index is 9.86. The molecular weight excluding hydrogens is 236 g/mol. The van der Waals surface area contributed by atoms with Gasteiger partial charge in [0.1, 0.15) is 0 Å². The van der Waals surface area contributed by atoms with Crippen LogP contribution in [-0.2, 0) is 4.74 Å². The second-order valence-corrected chi connectivity index (χ2v) is 8.26. The van der Waals surface area contributed by atoms with E-state index in [0.717, 1.165) is 18.8 Å². The van der Waals surface area contributed by atoms with Gasteiger partial charge in [-0.15, -0.1) is 0 Å². The van der Waals surface area contributed by atoms with Crippen molar-refractivity contribution in [1.82, 2.24) is 0 Å². The van der Waals surface area contributed by atoms with Crippen LogP contribution in [0.25, 0.3) is 0 Å². The van der Waals surface area contributed by atoms with Crippen molar-refractivity contribution in [3.63, 3.8) is 0 Å². The number of rotatable bonds is 5. The highest BCUT2D eigenvalue weighted by atomic mass is 16.5. The van der Waals surface area contributed by atoms with E-state index in [9.17, 15) is 5.11 Å². The highest BCUT2D eigenvalue weighted by molar-refractivity contribution is 4.90. The maximum Gasteiger partial charge on any atom is 0.0623 e. The fraction of sp³-hybridized carbons (Fsp3) is 1.00. The fourth-order valence-electron chi connectivity index (χ4n) is 3.25. The summed E-state index contributed by atoms with van der Waals surface area (Å²) in [7, 11) is 1.78. The number of methoxy groups -OCH3 is 1. The van der Waals surface area contributed by atoms with E-state index in [4.69, 9.17) is 4.74 Å². The highest BCUT2D eigenvalue weighted by Crippen LogP contribution is 2.47. The lowest BCUT2D eigenvalue weighted by Crippen LogP contribution is -2.37. The molecule has 0 radical (unpaired) electrons. The Morgan fingerprint density at radius 1 is 1.11 bits per heavy atom. The molecule has 1 aliphatic carbocycles. The van der Waals surface area contributed by atoms with Crippen LogP contribution in [0, 0.1) is 16.7 Å². The van der Waals surface area contributed by atoms with Crippen LogP contribution in [0.1, 0.15) is 73.1 Å². The number of ether oxygens (including phenoxy) is 1. The molecule has 1 rings (SSSR count). The molecule has 0 heterocycles. The predicted molar refractivity (Wildman–Crippen MR) is 81.3 cm³/mol. The number of hydrogen-bond acceptors (Lipinski definition) is 2. The zero-order valence-corrected chi connectivity index (χ0v) is 13.9. The Kier molecular flexibility index (Phi) is 5.48. The van der Waals surface area contributed by atoms with E-state index in [0.29, 0.717) is 12.0 Å². The summed E-state index contributed by atoms with van der Waals surface area (Å²) in [6, 6.07) is 0. The zero-order valence-electron chi connectivity index (χ0n) is 13.9. The van der Waals surface area contributed by atoms with Crippen molar-refractivity contribution in [3.8, 4) is 0 Å². The summed E-state index contributed by atoms with van der Waals surface area (Å²) in [5.74, 6) is 0.808. The Morgan fingerprint density at radius 3 is 2.00 bits per heavy atom. The average Bonchev–Trinajstić information content (AvgIpc) is 2.36. The molecule has 2 nitrogen and oxygen atoms in total. The first-order valence-electron chi connectivity index (χ1n) is 7.80. The second kappa shape index (κ2) is 6.13. The minimum absolute atomic E-state index is 0.0664. The van der Waals surface area contributed by atoms with Gasteiger partial charge in [0, 0.05) is 13.7 Å². The summed E-state index contributed by atoms with van der Waals surface area (Å²) >= 11 is 0. The third-order valence-corrected chi connectivity index (χ3v) is 5.42. The monoisotopic (exact) mass is 270 g/mol. The Morgan fingerprint density at radius 2 is 1.63 bits per heavy atom. The molecule has 1 saturated carbocycles.